The molecule has 0 spiro atoms. The molecular formula is C11H16O. The van der Waals surface area contributed by atoms with Gasteiger partial charge in [-0.1, -0.05) is 12.2 Å². The zero-order valence-corrected chi connectivity index (χ0v) is 7.53. The Morgan fingerprint density at radius 3 is 2.17 bits per heavy atom. The Morgan fingerprint density at radius 2 is 1.67 bits per heavy atom. The molecule has 0 aromatic heterocycles. The molecule has 1 N–H and O–H groups in total. The monoisotopic (exact) mass is 164 g/mol. The van der Waals surface area contributed by atoms with Gasteiger partial charge in [-0.3, -0.25) is 0 Å². The maximum Gasteiger partial charge on any atom is 0.0687 e. The van der Waals surface area contributed by atoms with E-state index in [-0.39, 0.29) is 5.60 Å². The molecule has 12 heavy (non-hydrogen) atoms. The van der Waals surface area contributed by atoms with Crippen molar-refractivity contribution in [2.75, 3.05) is 0 Å². The highest BCUT2D eigenvalue weighted by atomic mass is 16.3. The lowest BCUT2D eigenvalue weighted by Gasteiger charge is -2.41. The van der Waals surface area contributed by atoms with Gasteiger partial charge in [-0.05, 0) is 49.9 Å². The summed E-state index contributed by atoms with van der Waals surface area (Å²) in [5.74, 6) is 2.53. The van der Waals surface area contributed by atoms with E-state index in [1.54, 1.807) is 0 Å². The molecule has 0 heterocycles. The molecule has 0 saturated heterocycles. The van der Waals surface area contributed by atoms with Crippen LogP contribution in [-0.4, -0.2) is 10.7 Å². The van der Waals surface area contributed by atoms with Crippen LogP contribution in [0.25, 0.3) is 0 Å². The van der Waals surface area contributed by atoms with Gasteiger partial charge in [-0.15, -0.1) is 0 Å². The van der Waals surface area contributed by atoms with Gasteiger partial charge in [0.25, 0.3) is 0 Å². The van der Waals surface area contributed by atoms with E-state index in [1.807, 2.05) is 0 Å². The average Bonchev–Trinajstić information content (AvgIpc) is 2.38. The number of hydrogen-bond donors (Lipinski definition) is 1. The van der Waals surface area contributed by atoms with Crippen molar-refractivity contribution in [2.45, 2.75) is 31.8 Å². The van der Waals surface area contributed by atoms with Crippen molar-refractivity contribution < 1.29 is 5.11 Å². The fourth-order valence-electron chi connectivity index (χ4n) is 3.87. The first-order valence-corrected chi connectivity index (χ1v) is 5.10. The number of hydrogen-bond acceptors (Lipinski definition) is 1. The molecule has 2 fully saturated rings. The smallest absolute Gasteiger partial charge is 0.0687 e. The van der Waals surface area contributed by atoms with Crippen LogP contribution in [0, 0.1) is 23.7 Å². The molecule has 4 unspecified atom stereocenters. The van der Waals surface area contributed by atoms with Crippen LogP contribution < -0.4 is 0 Å². The summed E-state index contributed by atoms with van der Waals surface area (Å²) in [6.45, 7) is 2.06. The average molecular weight is 164 g/mol. The molecule has 0 aliphatic heterocycles. The van der Waals surface area contributed by atoms with Crippen LogP contribution in [-0.2, 0) is 0 Å². The van der Waals surface area contributed by atoms with E-state index >= 15 is 0 Å². The minimum atomic E-state index is -0.350. The molecule has 0 aromatic rings. The van der Waals surface area contributed by atoms with Crippen molar-refractivity contribution in [1.29, 1.82) is 0 Å². The molecule has 66 valence electrons. The van der Waals surface area contributed by atoms with Crippen molar-refractivity contribution in [3.05, 3.63) is 12.2 Å². The third-order valence-corrected chi connectivity index (χ3v) is 4.47. The highest BCUT2D eigenvalue weighted by Gasteiger charge is 2.56. The lowest BCUT2D eigenvalue weighted by molar-refractivity contribution is -0.0671. The molecule has 4 atom stereocenters. The number of fused-ring (bicyclic) bond motifs is 6. The second-order valence-corrected chi connectivity index (χ2v) is 4.96. The molecule has 1 heteroatoms. The van der Waals surface area contributed by atoms with Crippen LogP contribution in [0.5, 0.6) is 0 Å². The third kappa shape index (κ3) is 0.646. The molecule has 3 rings (SSSR count). The van der Waals surface area contributed by atoms with Gasteiger partial charge >= 0.3 is 0 Å². The molecule has 0 aromatic carbocycles. The first-order chi connectivity index (χ1) is 5.69. The summed E-state index contributed by atoms with van der Waals surface area (Å²) in [5.41, 5.74) is -0.350. The zero-order valence-electron chi connectivity index (χ0n) is 7.53. The Labute approximate surface area is 73.5 Å². The summed E-state index contributed by atoms with van der Waals surface area (Å²) >= 11 is 0. The van der Waals surface area contributed by atoms with Gasteiger partial charge in [0.2, 0.25) is 0 Å². The fourth-order valence-corrected chi connectivity index (χ4v) is 3.87. The number of aliphatic hydroxyl groups is 1. The van der Waals surface area contributed by atoms with E-state index < -0.39 is 0 Å². The Morgan fingerprint density at radius 1 is 1.17 bits per heavy atom. The van der Waals surface area contributed by atoms with Crippen molar-refractivity contribution in [2.24, 2.45) is 23.7 Å². The largest absolute Gasteiger partial charge is 0.390 e. The maximum atomic E-state index is 10.3. The van der Waals surface area contributed by atoms with E-state index in [0.29, 0.717) is 23.7 Å². The second kappa shape index (κ2) is 1.95. The third-order valence-electron chi connectivity index (χ3n) is 4.47. The van der Waals surface area contributed by atoms with Crippen LogP contribution >= 0.6 is 0 Å². The normalized spacial score (nSPS) is 61.2. The minimum Gasteiger partial charge on any atom is -0.390 e. The van der Waals surface area contributed by atoms with E-state index in [9.17, 15) is 5.11 Å². The van der Waals surface area contributed by atoms with Gasteiger partial charge in [-0.25, -0.2) is 0 Å². The van der Waals surface area contributed by atoms with Crippen LogP contribution in [0.15, 0.2) is 12.2 Å². The van der Waals surface area contributed by atoms with Gasteiger partial charge in [0.15, 0.2) is 0 Å². The lowest BCUT2D eigenvalue weighted by Crippen LogP contribution is -2.44. The maximum absolute atomic E-state index is 10.3. The highest BCUT2D eigenvalue weighted by molar-refractivity contribution is 5.18. The summed E-state index contributed by atoms with van der Waals surface area (Å²) < 4.78 is 0. The Bertz CT molecular complexity index is 219. The Balaban J connectivity index is 2.07. The van der Waals surface area contributed by atoms with Crippen molar-refractivity contribution in [3.63, 3.8) is 0 Å². The van der Waals surface area contributed by atoms with Gasteiger partial charge in [-0.2, -0.15) is 0 Å². The van der Waals surface area contributed by atoms with Gasteiger partial charge in [0.05, 0.1) is 5.60 Å². The first kappa shape index (κ1) is 7.14. The van der Waals surface area contributed by atoms with Crippen LogP contribution in [0.4, 0.5) is 0 Å². The van der Waals surface area contributed by atoms with Crippen LogP contribution in [0.2, 0.25) is 0 Å². The summed E-state index contributed by atoms with van der Waals surface area (Å²) in [4.78, 5) is 0. The summed E-state index contributed by atoms with van der Waals surface area (Å²) in [6.07, 6.45) is 8.53. The van der Waals surface area contributed by atoms with E-state index in [0.717, 1.165) is 0 Å². The molecule has 1 nitrogen and oxygen atoms in total. The second-order valence-electron chi connectivity index (χ2n) is 4.96. The summed E-state index contributed by atoms with van der Waals surface area (Å²) in [5, 5.41) is 10.3. The topological polar surface area (TPSA) is 20.2 Å². The quantitative estimate of drug-likeness (QED) is 0.543. The Kier molecular flexibility index (Phi) is 1.16. The van der Waals surface area contributed by atoms with Crippen LogP contribution in [0.3, 0.4) is 0 Å². The zero-order chi connectivity index (χ0) is 8.34. The van der Waals surface area contributed by atoms with Crippen molar-refractivity contribution >= 4 is 0 Å². The van der Waals surface area contributed by atoms with Gasteiger partial charge in [0.1, 0.15) is 0 Å². The van der Waals surface area contributed by atoms with E-state index in [2.05, 4.69) is 19.1 Å². The first-order valence-electron chi connectivity index (χ1n) is 5.10. The standard InChI is InChI=1S/C11H16O/c1-11(12)9-4-5-10(11)8-3-2-7(9)6-8/h2-3,7-10,12H,4-6H2,1H3. The summed E-state index contributed by atoms with van der Waals surface area (Å²) in [6, 6.07) is 0. The molecule has 3 aliphatic carbocycles. The highest BCUT2D eigenvalue weighted by Crippen LogP contribution is 2.57. The van der Waals surface area contributed by atoms with Gasteiger partial charge in [0, 0.05) is 0 Å². The molecule has 3 aliphatic rings. The van der Waals surface area contributed by atoms with E-state index in [1.165, 1.54) is 19.3 Å². The molecule has 2 saturated carbocycles. The molecule has 0 amide bonds. The Hall–Kier alpha value is -0.300. The van der Waals surface area contributed by atoms with E-state index in [4.69, 9.17) is 0 Å². The molecular weight excluding hydrogens is 148 g/mol. The van der Waals surface area contributed by atoms with Crippen molar-refractivity contribution in [1.82, 2.24) is 0 Å². The van der Waals surface area contributed by atoms with Crippen LogP contribution in [0.1, 0.15) is 26.2 Å². The van der Waals surface area contributed by atoms with Crippen molar-refractivity contribution in [3.8, 4) is 0 Å². The predicted octanol–water partition coefficient (Wildman–Crippen LogP) is 1.97. The lowest BCUT2D eigenvalue weighted by atomic mass is 9.68. The number of rotatable bonds is 0. The fraction of sp³-hybridized carbons (Fsp3) is 0.818. The molecule has 4 bridgehead atoms. The minimum absolute atomic E-state index is 0.350. The van der Waals surface area contributed by atoms with Gasteiger partial charge < -0.3 is 5.11 Å². The predicted molar refractivity (Wildman–Crippen MR) is 47.6 cm³/mol. The summed E-state index contributed by atoms with van der Waals surface area (Å²) in [7, 11) is 0. The number of allylic oxidation sites excluding steroid dienone is 2. The molecule has 0 radical (unpaired) electrons. The SMILES string of the molecule is CC1(O)C2CCC1C1C=CC2C1.